The maximum absolute atomic E-state index is 5.96. The van der Waals surface area contributed by atoms with E-state index in [0.717, 1.165) is 37.9 Å². The van der Waals surface area contributed by atoms with Crippen molar-refractivity contribution in [2.45, 2.75) is 72.8 Å². The molecule has 0 N–H and O–H groups in total. The molecule has 0 aliphatic heterocycles. The van der Waals surface area contributed by atoms with Gasteiger partial charge in [0.2, 0.25) is 0 Å². The Kier molecular flexibility index (Phi) is 11.4. The summed E-state index contributed by atoms with van der Waals surface area (Å²) in [6.45, 7) is 17.3. The third kappa shape index (κ3) is 11.8. The first-order chi connectivity index (χ1) is 10.8. The highest BCUT2D eigenvalue weighted by molar-refractivity contribution is 5.21. The van der Waals surface area contributed by atoms with Crippen molar-refractivity contribution in [1.29, 1.82) is 0 Å². The van der Waals surface area contributed by atoms with E-state index in [1.807, 2.05) is 13.0 Å². The van der Waals surface area contributed by atoms with Gasteiger partial charge in [-0.15, -0.1) is 0 Å². The molecule has 0 aliphatic rings. The molecule has 0 fully saturated rings. The first kappa shape index (κ1) is 21.7. The first-order valence-corrected chi connectivity index (χ1v) is 8.74. The quantitative estimate of drug-likeness (QED) is 0.296. The lowest BCUT2D eigenvalue weighted by atomic mass is 9.97. The lowest BCUT2D eigenvalue weighted by Crippen LogP contribution is -2.25. The van der Waals surface area contributed by atoms with E-state index in [-0.39, 0.29) is 5.60 Å². The third-order valence-electron chi connectivity index (χ3n) is 3.83. The SMILES string of the molecule is C=C/C(C)=C\C=C\C(C)(CC/C=C(\C)CCC=C(C)C)OCC. The van der Waals surface area contributed by atoms with Crippen molar-refractivity contribution in [2.24, 2.45) is 0 Å². The molecule has 0 aromatic heterocycles. The average Bonchev–Trinajstić information content (AvgIpc) is 2.46. The van der Waals surface area contributed by atoms with Crippen molar-refractivity contribution >= 4 is 0 Å². The number of hydrogen-bond donors (Lipinski definition) is 0. The van der Waals surface area contributed by atoms with Gasteiger partial charge in [-0.2, -0.15) is 0 Å². The van der Waals surface area contributed by atoms with Crippen LogP contribution in [-0.2, 0) is 4.74 Å². The number of rotatable bonds is 11. The van der Waals surface area contributed by atoms with Gasteiger partial charge in [-0.3, -0.25) is 0 Å². The van der Waals surface area contributed by atoms with E-state index >= 15 is 0 Å². The Labute approximate surface area is 144 Å². The lowest BCUT2D eigenvalue weighted by molar-refractivity contribution is 0.00815. The first-order valence-electron chi connectivity index (χ1n) is 8.74. The third-order valence-corrected chi connectivity index (χ3v) is 3.83. The van der Waals surface area contributed by atoms with E-state index in [4.69, 9.17) is 4.74 Å². The minimum Gasteiger partial charge on any atom is -0.371 e. The van der Waals surface area contributed by atoms with Gasteiger partial charge in [-0.1, -0.05) is 59.8 Å². The summed E-state index contributed by atoms with van der Waals surface area (Å²) in [4.78, 5) is 0. The highest BCUT2D eigenvalue weighted by Gasteiger charge is 2.19. The molecule has 130 valence electrons. The highest BCUT2D eigenvalue weighted by atomic mass is 16.5. The Morgan fingerprint density at radius 3 is 2.35 bits per heavy atom. The molecular weight excluding hydrogens is 280 g/mol. The molecule has 0 bridgehead atoms. The van der Waals surface area contributed by atoms with Gasteiger partial charge < -0.3 is 4.74 Å². The normalized spacial score (nSPS) is 15.6. The molecule has 0 spiro atoms. The fraction of sp³-hybridized carbons (Fsp3) is 0.545. The van der Waals surface area contributed by atoms with Crippen LogP contribution in [-0.4, -0.2) is 12.2 Å². The molecule has 1 unspecified atom stereocenters. The van der Waals surface area contributed by atoms with Crippen molar-refractivity contribution in [3.8, 4) is 0 Å². The Hall–Kier alpha value is -1.34. The standard InChI is InChI=1S/C22H36O/c1-8-20(5)15-11-17-22(7,23-9-2)18-12-16-21(6)14-10-13-19(3)4/h8,11,13,15-17H,1,9-10,12,14,18H2,2-7H3/b17-11+,20-15-,21-16+. The van der Waals surface area contributed by atoms with Gasteiger partial charge in [-0.05, 0) is 67.2 Å². The fourth-order valence-corrected chi connectivity index (χ4v) is 2.30. The lowest BCUT2D eigenvalue weighted by Gasteiger charge is -2.25. The molecule has 1 nitrogen and oxygen atoms in total. The predicted octanol–water partition coefficient (Wildman–Crippen LogP) is 6.94. The molecule has 23 heavy (non-hydrogen) atoms. The van der Waals surface area contributed by atoms with Crippen LogP contribution in [0, 0.1) is 0 Å². The molecule has 0 saturated carbocycles. The molecule has 0 amide bonds. The number of allylic oxidation sites excluding steroid dienone is 8. The van der Waals surface area contributed by atoms with Crippen LogP contribution >= 0.6 is 0 Å². The maximum Gasteiger partial charge on any atom is 0.0840 e. The van der Waals surface area contributed by atoms with Gasteiger partial charge >= 0.3 is 0 Å². The molecule has 0 saturated heterocycles. The van der Waals surface area contributed by atoms with Crippen molar-refractivity contribution in [3.63, 3.8) is 0 Å². The van der Waals surface area contributed by atoms with Gasteiger partial charge in [0.1, 0.15) is 0 Å². The zero-order valence-corrected chi connectivity index (χ0v) is 16.1. The number of ether oxygens (including phenoxy) is 1. The van der Waals surface area contributed by atoms with Crippen LogP contribution in [0.3, 0.4) is 0 Å². The second kappa shape index (κ2) is 12.1. The minimum atomic E-state index is -0.205. The zero-order valence-electron chi connectivity index (χ0n) is 16.1. The summed E-state index contributed by atoms with van der Waals surface area (Å²) in [5, 5.41) is 0. The molecule has 0 heterocycles. The van der Waals surface area contributed by atoms with Crippen LogP contribution < -0.4 is 0 Å². The van der Waals surface area contributed by atoms with E-state index in [1.165, 1.54) is 11.1 Å². The Morgan fingerprint density at radius 1 is 1.09 bits per heavy atom. The summed E-state index contributed by atoms with van der Waals surface area (Å²) in [5.41, 5.74) is 3.82. The average molecular weight is 317 g/mol. The Morgan fingerprint density at radius 2 is 1.78 bits per heavy atom. The van der Waals surface area contributed by atoms with Crippen molar-refractivity contribution < 1.29 is 4.74 Å². The van der Waals surface area contributed by atoms with Crippen molar-refractivity contribution in [2.75, 3.05) is 6.61 Å². The molecule has 1 heteroatoms. The van der Waals surface area contributed by atoms with Gasteiger partial charge in [0.15, 0.2) is 0 Å². The fourth-order valence-electron chi connectivity index (χ4n) is 2.30. The van der Waals surface area contributed by atoms with Gasteiger partial charge in [0.25, 0.3) is 0 Å². The summed E-state index contributed by atoms with van der Waals surface area (Å²) >= 11 is 0. The molecule has 0 aromatic carbocycles. The molecule has 0 radical (unpaired) electrons. The summed E-state index contributed by atoms with van der Waals surface area (Å²) in [5.74, 6) is 0. The Bertz CT molecular complexity index is 458. The maximum atomic E-state index is 5.96. The summed E-state index contributed by atoms with van der Waals surface area (Å²) in [6.07, 6.45) is 17.2. The van der Waals surface area contributed by atoms with E-state index < -0.39 is 0 Å². The molecule has 0 aliphatic carbocycles. The second-order valence-corrected chi connectivity index (χ2v) is 6.63. The molecule has 0 rings (SSSR count). The van der Waals surface area contributed by atoms with E-state index in [1.54, 1.807) is 0 Å². The predicted molar refractivity (Wildman–Crippen MR) is 105 cm³/mol. The zero-order chi connectivity index (χ0) is 17.7. The van der Waals surface area contributed by atoms with E-state index in [0.29, 0.717) is 0 Å². The van der Waals surface area contributed by atoms with Crippen molar-refractivity contribution in [3.05, 3.63) is 59.8 Å². The summed E-state index contributed by atoms with van der Waals surface area (Å²) < 4.78 is 5.96. The van der Waals surface area contributed by atoms with Crippen LogP contribution in [0.15, 0.2) is 59.8 Å². The van der Waals surface area contributed by atoms with Gasteiger partial charge in [0.05, 0.1) is 5.60 Å². The van der Waals surface area contributed by atoms with Crippen LogP contribution in [0.25, 0.3) is 0 Å². The van der Waals surface area contributed by atoms with Gasteiger partial charge in [-0.25, -0.2) is 0 Å². The van der Waals surface area contributed by atoms with Crippen LogP contribution in [0.2, 0.25) is 0 Å². The van der Waals surface area contributed by atoms with Gasteiger partial charge in [0, 0.05) is 6.61 Å². The van der Waals surface area contributed by atoms with E-state index in [2.05, 4.69) is 71.6 Å². The topological polar surface area (TPSA) is 9.23 Å². The van der Waals surface area contributed by atoms with Crippen LogP contribution in [0.4, 0.5) is 0 Å². The number of hydrogen-bond acceptors (Lipinski definition) is 1. The largest absolute Gasteiger partial charge is 0.371 e. The minimum absolute atomic E-state index is 0.205. The molecule has 0 aromatic rings. The van der Waals surface area contributed by atoms with Crippen LogP contribution in [0.1, 0.15) is 67.2 Å². The highest BCUT2D eigenvalue weighted by Crippen LogP contribution is 2.21. The molecule has 1 atom stereocenters. The molecular formula is C22H36O. The monoisotopic (exact) mass is 316 g/mol. The second-order valence-electron chi connectivity index (χ2n) is 6.63. The van der Waals surface area contributed by atoms with Crippen LogP contribution in [0.5, 0.6) is 0 Å². The van der Waals surface area contributed by atoms with Crippen molar-refractivity contribution in [1.82, 2.24) is 0 Å². The Balaban J connectivity index is 4.57. The summed E-state index contributed by atoms with van der Waals surface area (Å²) in [7, 11) is 0. The smallest absolute Gasteiger partial charge is 0.0840 e. The van der Waals surface area contributed by atoms with E-state index in [9.17, 15) is 0 Å². The summed E-state index contributed by atoms with van der Waals surface area (Å²) in [6, 6.07) is 0.